The van der Waals surface area contributed by atoms with Gasteiger partial charge in [-0.05, 0) is 35.9 Å². The number of furan rings is 1. The number of pyridine rings is 1. The highest BCUT2D eigenvalue weighted by Crippen LogP contribution is 2.15. The van der Waals surface area contributed by atoms with Crippen molar-refractivity contribution in [2.45, 2.75) is 13.1 Å². The summed E-state index contributed by atoms with van der Waals surface area (Å²) in [6.45, 7) is 0.380. The summed E-state index contributed by atoms with van der Waals surface area (Å²) in [5.74, 6) is -1.56. The van der Waals surface area contributed by atoms with Crippen LogP contribution >= 0.6 is 0 Å². The minimum atomic E-state index is -0.876. The summed E-state index contributed by atoms with van der Waals surface area (Å²) < 4.78 is 5.09. The molecule has 142 valence electrons. The topological polar surface area (TPSA) is 113 Å². The molecule has 2 heterocycles. The van der Waals surface area contributed by atoms with E-state index in [2.05, 4.69) is 20.9 Å². The average molecular weight is 378 g/mol. The Morgan fingerprint density at radius 1 is 0.893 bits per heavy atom. The SMILES string of the molecule is O=C(NCc1ccco1)C(=O)Nc1ccccc1C(=O)NCc1cccnc1. The molecule has 8 nitrogen and oxygen atoms in total. The van der Waals surface area contributed by atoms with Gasteiger partial charge in [0, 0.05) is 18.9 Å². The Morgan fingerprint density at radius 2 is 1.75 bits per heavy atom. The van der Waals surface area contributed by atoms with Crippen molar-refractivity contribution in [2.24, 2.45) is 0 Å². The van der Waals surface area contributed by atoms with Gasteiger partial charge in [0.05, 0.1) is 24.1 Å². The second-order valence-corrected chi connectivity index (χ2v) is 5.81. The molecule has 0 radical (unpaired) electrons. The molecule has 0 atom stereocenters. The molecule has 3 amide bonds. The third-order valence-electron chi connectivity index (χ3n) is 3.81. The summed E-state index contributed by atoms with van der Waals surface area (Å²) in [6, 6.07) is 13.4. The predicted octanol–water partition coefficient (Wildman–Crippen LogP) is 1.86. The van der Waals surface area contributed by atoms with Crippen LogP contribution in [-0.4, -0.2) is 22.7 Å². The molecule has 2 aromatic heterocycles. The van der Waals surface area contributed by atoms with E-state index in [1.54, 1.807) is 54.9 Å². The lowest BCUT2D eigenvalue weighted by Gasteiger charge is -2.11. The molecule has 8 heteroatoms. The number of anilines is 1. The molecule has 3 N–H and O–H groups in total. The fourth-order valence-corrected chi connectivity index (χ4v) is 2.41. The molecule has 0 fully saturated rings. The molecule has 0 bridgehead atoms. The molecule has 28 heavy (non-hydrogen) atoms. The Kier molecular flexibility index (Phi) is 6.14. The fraction of sp³-hybridized carbons (Fsp3) is 0.100. The van der Waals surface area contributed by atoms with E-state index in [0.29, 0.717) is 12.3 Å². The molecule has 0 aliphatic heterocycles. The van der Waals surface area contributed by atoms with E-state index in [1.807, 2.05) is 6.07 Å². The number of para-hydroxylation sites is 1. The van der Waals surface area contributed by atoms with Gasteiger partial charge in [-0.2, -0.15) is 0 Å². The average Bonchev–Trinajstić information content (AvgIpc) is 3.25. The van der Waals surface area contributed by atoms with Gasteiger partial charge in [-0.15, -0.1) is 0 Å². The van der Waals surface area contributed by atoms with Gasteiger partial charge in [-0.25, -0.2) is 0 Å². The Hall–Kier alpha value is -3.94. The van der Waals surface area contributed by atoms with Crippen LogP contribution in [0.2, 0.25) is 0 Å². The molecular weight excluding hydrogens is 360 g/mol. The lowest BCUT2D eigenvalue weighted by atomic mass is 10.1. The van der Waals surface area contributed by atoms with Crippen molar-refractivity contribution in [3.63, 3.8) is 0 Å². The molecule has 0 saturated carbocycles. The zero-order chi connectivity index (χ0) is 19.8. The van der Waals surface area contributed by atoms with Crippen molar-refractivity contribution in [1.82, 2.24) is 15.6 Å². The first-order chi connectivity index (χ1) is 13.6. The number of carbonyl (C=O) groups excluding carboxylic acids is 3. The van der Waals surface area contributed by atoms with Crippen LogP contribution in [0.1, 0.15) is 21.7 Å². The van der Waals surface area contributed by atoms with Gasteiger partial charge in [0.15, 0.2) is 0 Å². The summed E-state index contributed by atoms with van der Waals surface area (Å²) in [5.41, 5.74) is 1.33. The number of benzene rings is 1. The van der Waals surface area contributed by atoms with E-state index in [1.165, 1.54) is 6.26 Å². The van der Waals surface area contributed by atoms with Crippen molar-refractivity contribution in [2.75, 3.05) is 5.32 Å². The smallest absolute Gasteiger partial charge is 0.313 e. The summed E-state index contributed by atoms with van der Waals surface area (Å²) in [5, 5.41) is 7.67. The highest BCUT2D eigenvalue weighted by Gasteiger charge is 2.18. The lowest BCUT2D eigenvalue weighted by Crippen LogP contribution is -2.35. The van der Waals surface area contributed by atoms with Gasteiger partial charge in [-0.3, -0.25) is 19.4 Å². The maximum Gasteiger partial charge on any atom is 0.313 e. The molecule has 1 aromatic carbocycles. The summed E-state index contributed by atoms with van der Waals surface area (Å²) in [6.07, 6.45) is 4.77. The maximum atomic E-state index is 12.5. The summed E-state index contributed by atoms with van der Waals surface area (Å²) >= 11 is 0. The van der Waals surface area contributed by atoms with Gasteiger partial charge >= 0.3 is 11.8 Å². The van der Waals surface area contributed by atoms with E-state index in [0.717, 1.165) is 5.56 Å². The van der Waals surface area contributed by atoms with Gasteiger partial charge in [0.1, 0.15) is 5.76 Å². The second kappa shape index (κ2) is 9.13. The molecular formula is C20H18N4O4. The maximum absolute atomic E-state index is 12.5. The number of carbonyl (C=O) groups is 3. The Labute approximate surface area is 161 Å². The highest BCUT2D eigenvalue weighted by atomic mass is 16.3. The van der Waals surface area contributed by atoms with Crippen molar-refractivity contribution in [1.29, 1.82) is 0 Å². The fourth-order valence-electron chi connectivity index (χ4n) is 2.41. The van der Waals surface area contributed by atoms with Crippen molar-refractivity contribution >= 4 is 23.4 Å². The first kappa shape index (κ1) is 18.8. The molecule has 0 aliphatic rings. The third kappa shape index (κ3) is 5.04. The Morgan fingerprint density at radius 3 is 2.50 bits per heavy atom. The number of rotatable bonds is 6. The van der Waals surface area contributed by atoms with E-state index in [9.17, 15) is 14.4 Å². The molecule has 0 saturated heterocycles. The van der Waals surface area contributed by atoms with Gasteiger partial charge in [-0.1, -0.05) is 18.2 Å². The van der Waals surface area contributed by atoms with Crippen LogP contribution < -0.4 is 16.0 Å². The van der Waals surface area contributed by atoms with Crippen LogP contribution in [0.5, 0.6) is 0 Å². The monoisotopic (exact) mass is 378 g/mol. The number of amides is 3. The third-order valence-corrected chi connectivity index (χ3v) is 3.81. The second-order valence-electron chi connectivity index (χ2n) is 5.81. The quantitative estimate of drug-likeness (QED) is 0.567. The normalized spacial score (nSPS) is 10.1. The van der Waals surface area contributed by atoms with Crippen LogP contribution in [0.15, 0.2) is 71.6 Å². The first-order valence-corrected chi connectivity index (χ1v) is 8.51. The zero-order valence-electron chi connectivity index (χ0n) is 14.8. The van der Waals surface area contributed by atoms with Crippen LogP contribution in [0.4, 0.5) is 5.69 Å². The van der Waals surface area contributed by atoms with Crippen molar-refractivity contribution in [3.8, 4) is 0 Å². The van der Waals surface area contributed by atoms with Crippen LogP contribution in [0.3, 0.4) is 0 Å². The number of nitrogens with one attached hydrogen (secondary N) is 3. The van der Waals surface area contributed by atoms with E-state index in [-0.39, 0.29) is 23.7 Å². The van der Waals surface area contributed by atoms with Gasteiger partial charge in [0.2, 0.25) is 0 Å². The summed E-state index contributed by atoms with van der Waals surface area (Å²) in [4.78, 5) is 40.6. The molecule has 3 aromatic rings. The Balaban J connectivity index is 1.60. The van der Waals surface area contributed by atoms with Crippen molar-refractivity contribution < 1.29 is 18.8 Å². The van der Waals surface area contributed by atoms with Crippen LogP contribution in [-0.2, 0) is 22.7 Å². The van der Waals surface area contributed by atoms with Crippen LogP contribution in [0, 0.1) is 0 Å². The van der Waals surface area contributed by atoms with Crippen LogP contribution in [0.25, 0.3) is 0 Å². The first-order valence-electron chi connectivity index (χ1n) is 8.51. The van der Waals surface area contributed by atoms with Gasteiger partial charge < -0.3 is 20.4 Å². The number of hydrogen-bond acceptors (Lipinski definition) is 5. The van der Waals surface area contributed by atoms with Crippen molar-refractivity contribution in [3.05, 3.63) is 84.1 Å². The summed E-state index contributed by atoms with van der Waals surface area (Å²) in [7, 11) is 0. The number of hydrogen-bond donors (Lipinski definition) is 3. The molecule has 0 aliphatic carbocycles. The highest BCUT2D eigenvalue weighted by molar-refractivity contribution is 6.40. The Bertz CT molecular complexity index is 955. The van der Waals surface area contributed by atoms with E-state index >= 15 is 0 Å². The van der Waals surface area contributed by atoms with E-state index < -0.39 is 11.8 Å². The lowest BCUT2D eigenvalue weighted by molar-refractivity contribution is -0.136. The number of nitrogens with zero attached hydrogens (tertiary/aromatic N) is 1. The number of aromatic nitrogens is 1. The standard InChI is InChI=1S/C20H18N4O4/c25-18(22-12-14-5-3-9-21-11-14)16-7-1-2-8-17(16)24-20(27)19(26)23-13-15-6-4-10-28-15/h1-11H,12-13H2,(H,22,25)(H,23,26)(H,24,27). The van der Waals surface area contributed by atoms with E-state index in [4.69, 9.17) is 4.42 Å². The minimum absolute atomic E-state index is 0.0898. The van der Waals surface area contributed by atoms with Gasteiger partial charge in [0.25, 0.3) is 5.91 Å². The largest absolute Gasteiger partial charge is 0.467 e. The molecule has 0 spiro atoms. The minimum Gasteiger partial charge on any atom is -0.467 e. The molecule has 0 unspecified atom stereocenters. The zero-order valence-corrected chi connectivity index (χ0v) is 14.8. The molecule has 3 rings (SSSR count). The predicted molar refractivity (Wildman–Crippen MR) is 101 cm³/mol.